The number of hydrogen-bond donors (Lipinski definition) is 1. The van der Waals surface area contributed by atoms with Crippen LogP contribution in [0.15, 0.2) is 53.4 Å². The molecule has 120 valence electrons. The first-order valence-electron chi connectivity index (χ1n) is 7.37. The summed E-state index contributed by atoms with van der Waals surface area (Å²) in [5, 5.41) is 2.88. The van der Waals surface area contributed by atoms with E-state index in [1.165, 1.54) is 11.8 Å². The summed E-state index contributed by atoms with van der Waals surface area (Å²) in [6.07, 6.45) is 2.04. The number of benzene rings is 2. The number of anilines is 1. The van der Waals surface area contributed by atoms with Gasteiger partial charge in [0.05, 0.1) is 4.90 Å². The van der Waals surface area contributed by atoms with Gasteiger partial charge < -0.3 is 5.32 Å². The third kappa shape index (κ3) is 3.37. The smallest absolute Gasteiger partial charge is 0.322 e. The lowest BCUT2D eigenvalue weighted by Gasteiger charge is -2.18. The molecule has 23 heavy (non-hydrogen) atoms. The van der Waals surface area contributed by atoms with Gasteiger partial charge in [-0.05, 0) is 35.7 Å². The Hall–Kier alpha value is -2.34. The molecule has 0 spiro atoms. The van der Waals surface area contributed by atoms with Gasteiger partial charge in [-0.2, -0.15) is 0 Å². The fourth-order valence-electron chi connectivity index (χ4n) is 2.68. The Morgan fingerprint density at radius 3 is 2.52 bits per heavy atom. The number of nitrogens with zero attached hydrogens (tertiary/aromatic N) is 1. The first-order valence-corrected chi connectivity index (χ1v) is 9.26. The molecule has 0 saturated heterocycles. The number of fused-ring (bicyclic) bond motifs is 1. The maximum Gasteiger partial charge on any atom is 0.322 e. The predicted octanol–water partition coefficient (Wildman–Crippen LogP) is 2.36. The molecular formula is C17H18N2O3S. The van der Waals surface area contributed by atoms with Crippen LogP contribution in [0.3, 0.4) is 0 Å². The average Bonchev–Trinajstić information content (AvgIpc) is 2.96. The molecule has 6 heteroatoms. The Morgan fingerprint density at radius 2 is 1.83 bits per heavy atom. The molecule has 1 N–H and O–H groups in total. The first kappa shape index (κ1) is 15.6. The molecule has 3 rings (SSSR count). The van der Waals surface area contributed by atoms with Crippen molar-refractivity contribution < 1.29 is 13.2 Å². The molecule has 1 aliphatic heterocycles. The van der Waals surface area contributed by atoms with Gasteiger partial charge in [0.25, 0.3) is 0 Å². The zero-order chi connectivity index (χ0) is 16.4. The van der Waals surface area contributed by atoms with Gasteiger partial charge in [-0.1, -0.05) is 30.3 Å². The zero-order valence-electron chi connectivity index (χ0n) is 12.8. The molecule has 0 fully saturated rings. The van der Waals surface area contributed by atoms with Crippen molar-refractivity contribution in [3.63, 3.8) is 0 Å². The number of rotatable bonds is 3. The van der Waals surface area contributed by atoms with Crippen LogP contribution in [0.5, 0.6) is 0 Å². The van der Waals surface area contributed by atoms with Crippen molar-refractivity contribution in [2.75, 3.05) is 17.7 Å². The molecule has 0 atom stereocenters. The van der Waals surface area contributed by atoms with Crippen molar-refractivity contribution in [3.05, 3.63) is 59.7 Å². The molecule has 2 aromatic carbocycles. The van der Waals surface area contributed by atoms with E-state index in [0.29, 0.717) is 13.1 Å². The Labute approximate surface area is 135 Å². The van der Waals surface area contributed by atoms with E-state index in [4.69, 9.17) is 0 Å². The Kier molecular flexibility index (Phi) is 4.09. The number of sulfone groups is 1. The molecule has 0 aromatic heterocycles. The Bertz CT molecular complexity index is 829. The standard InChI is InChI=1S/C17H18N2O3S/c1-23(21,22)15-8-6-13(7-9-15)12-18-17(20)19-11-10-14-4-2-3-5-16(14)19/h2-9H,10-12H2,1H3,(H,18,20). The van der Waals surface area contributed by atoms with Gasteiger partial charge >= 0.3 is 6.03 Å². The minimum absolute atomic E-state index is 0.137. The second-order valence-corrected chi connectivity index (χ2v) is 7.62. The van der Waals surface area contributed by atoms with E-state index in [1.54, 1.807) is 29.2 Å². The van der Waals surface area contributed by atoms with Crippen LogP contribution >= 0.6 is 0 Å². The van der Waals surface area contributed by atoms with Crippen LogP contribution in [0.2, 0.25) is 0 Å². The van der Waals surface area contributed by atoms with Crippen LogP contribution in [-0.4, -0.2) is 27.2 Å². The summed E-state index contributed by atoms with van der Waals surface area (Å²) in [6, 6.07) is 14.3. The highest BCUT2D eigenvalue weighted by Gasteiger charge is 2.23. The summed E-state index contributed by atoms with van der Waals surface area (Å²) in [5.74, 6) is 0. The summed E-state index contributed by atoms with van der Waals surface area (Å²) in [5.41, 5.74) is 3.00. The summed E-state index contributed by atoms with van der Waals surface area (Å²) in [7, 11) is -3.19. The normalized spacial score (nSPS) is 13.7. The van der Waals surface area contributed by atoms with Gasteiger partial charge in [0.2, 0.25) is 0 Å². The number of nitrogens with one attached hydrogen (secondary N) is 1. The van der Waals surface area contributed by atoms with Gasteiger partial charge in [0.15, 0.2) is 9.84 Å². The maximum atomic E-state index is 12.3. The number of amides is 2. The van der Waals surface area contributed by atoms with E-state index in [0.717, 1.165) is 17.7 Å². The number of carbonyl (C=O) groups is 1. The predicted molar refractivity (Wildman–Crippen MR) is 89.3 cm³/mol. The number of urea groups is 1. The van der Waals surface area contributed by atoms with Crippen molar-refractivity contribution >= 4 is 21.6 Å². The van der Waals surface area contributed by atoms with Crippen LogP contribution < -0.4 is 10.2 Å². The van der Waals surface area contributed by atoms with Crippen LogP contribution in [0.25, 0.3) is 0 Å². The van der Waals surface area contributed by atoms with Crippen molar-refractivity contribution in [2.45, 2.75) is 17.9 Å². The number of carbonyl (C=O) groups excluding carboxylic acids is 1. The average molecular weight is 330 g/mol. The van der Waals surface area contributed by atoms with E-state index in [2.05, 4.69) is 5.32 Å². The Balaban J connectivity index is 1.64. The van der Waals surface area contributed by atoms with Crippen LogP contribution in [-0.2, 0) is 22.8 Å². The zero-order valence-corrected chi connectivity index (χ0v) is 13.6. The second kappa shape index (κ2) is 6.04. The van der Waals surface area contributed by atoms with E-state index >= 15 is 0 Å². The second-order valence-electron chi connectivity index (χ2n) is 5.61. The molecule has 0 aliphatic carbocycles. The molecular weight excluding hydrogens is 312 g/mol. The van der Waals surface area contributed by atoms with Gasteiger partial charge in [-0.15, -0.1) is 0 Å². The maximum absolute atomic E-state index is 12.3. The van der Waals surface area contributed by atoms with Crippen LogP contribution in [0.4, 0.5) is 10.5 Å². The van der Waals surface area contributed by atoms with Gasteiger partial charge in [-0.3, -0.25) is 4.90 Å². The van der Waals surface area contributed by atoms with Crippen LogP contribution in [0, 0.1) is 0 Å². The van der Waals surface area contributed by atoms with E-state index in [9.17, 15) is 13.2 Å². The molecule has 5 nitrogen and oxygen atoms in total. The fourth-order valence-corrected chi connectivity index (χ4v) is 3.31. The molecule has 0 bridgehead atoms. The van der Waals surface area contributed by atoms with Crippen molar-refractivity contribution in [1.82, 2.24) is 5.32 Å². The van der Waals surface area contributed by atoms with Crippen molar-refractivity contribution in [3.8, 4) is 0 Å². The third-order valence-corrected chi connectivity index (χ3v) is 5.06. The fraction of sp³-hybridized carbons (Fsp3) is 0.235. The molecule has 2 aromatic rings. The molecule has 0 saturated carbocycles. The van der Waals surface area contributed by atoms with Crippen molar-refractivity contribution in [2.24, 2.45) is 0 Å². The lowest BCUT2D eigenvalue weighted by Crippen LogP contribution is -2.38. The molecule has 0 unspecified atom stereocenters. The molecule has 0 radical (unpaired) electrons. The Morgan fingerprint density at radius 1 is 1.13 bits per heavy atom. The third-order valence-electron chi connectivity index (χ3n) is 3.93. The lowest BCUT2D eigenvalue weighted by atomic mass is 10.2. The SMILES string of the molecule is CS(=O)(=O)c1ccc(CNC(=O)N2CCc3ccccc32)cc1. The van der Waals surface area contributed by atoms with Crippen LogP contribution in [0.1, 0.15) is 11.1 Å². The first-order chi connectivity index (χ1) is 10.9. The molecule has 1 aliphatic rings. The summed E-state index contributed by atoms with van der Waals surface area (Å²) >= 11 is 0. The summed E-state index contributed by atoms with van der Waals surface area (Å²) < 4.78 is 22.8. The highest BCUT2D eigenvalue weighted by molar-refractivity contribution is 7.90. The van der Waals surface area contributed by atoms with E-state index < -0.39 is 9.84 Å². The monoisotopic (exact) mass is 330 g/mol. The molecule has 1 heterocycles. The summed E-state index contributed by atoms with van der Waals surface area (Å²) in [6.45, 7) is 1.04. The molecule has 2 amide bonds. The van der Waals surface area contributed by atoms with Gasteiger partial charge in [0.1, 0.15) is 0 Å². The highest BCUT2D eigenvalue weighted by atomic mass is 32.2. The number of hydrogen-bond acceptors (Lipinski definition) is 3. The van der Waals surface area contributed by atoms with E-state index in [-0.39, 0.29) is 10.9 Å². The highest BCUT2D eigenvalue weighted by Crippen LogP contribution is 2.27. The van der Waals surface area contributed by atoms with E-state index in [1.807, 2.05) is 24.3 Å². The summed E-state index contributed by atoms with van der Waals surface area (Å²) in [4.78, 5) is 14.3. The topological polar surface area (TPSA) is 66.5 Å². The quantitative estimate of drug-likeness (QED) is 0.939. The number of para-hydroxylation sites is 1. The van der Waals surface area contributed by atoms with Gasteiger partial charge in [0, 0.05) is 25.0 Å². The largest absolute Gasteiger partial charge is 0.334 e. The minimum Gasteiger partial charge on any atom is -0.334 e. The van der Waals surface area contributed by atoms with Crippen molar-refractivity contribution in [1.29, 1.82) is 0 Å². The van der Waals surface area contributed by atoms with Gasteiger partial charge in [-0.25, -0.2) is 13.2 Å². The minimum atomic E-state index is -3.19. The lowest BCUT2D eigenvalue weighted by molar-refractivity contribution is 0.246.